The van der Waals surface area contributed by atoms with Crippen molar-refractivity contribution >= 4 is 5.91 Å². The topological polar surface area (TPSA) is 70.2 Å². The SMILES string of the molecule is CNC(=O)CC[C@@]1(OC)CCCN(Cc2ncc[nH]2)C1. The molecule has 6 heteroatoms. The number of nitrogens with one attached hydrogen (secondary N) is 2. The van der Waals surface area contributed by atoms with Gasteiger partial charge in [0.15, 0.2) is 0 Å². The molecule has 20 heavy (non-hydrogen) atoms. The monoisotopic (exact) mass is 280 g/mol. The maximum Gasteiger partial charge on any atom is 0.219 e. The van der Waals surface area contributed by atoms with Crippen molar-refractivity contribution in [1.82, 2.24) is 20.2 Å². The summed E-state index contributed by atoms with van der Waals surface area (Å²) in [7, 11) is 3.42. The molecule has 1 aromatic rings. The second-order valence-electron chi connectivity index (χ2n) is 5.41. The predicted molar refractivity (Wildman–Crippen MR) is 76.1 cm³/mol. The third-order valence-electron chi connectivity index (χ3n) is 4.07. The molecule has 1 aliphatic rings. The Bertz CT molecular complexity index is 421. The molecule has 1 atom stereocenters. The lowest BCUT2D eigenvalue weighted by Crippen LogP contribution is -2.49. The average Bonchev–Trinajstić information content (AvgIpc) is 2.98. The van der Waals surface area contributed by atoms with Gasteiger partial charge in [-0.05, 0) is 25.8 Å². The Balaban J connectivity index is 1.93. The van der Waals surface area contributed by atoms with Crippen LogP contribution >= 0.6 is 0 Å². The molecule has 1 saturated heterocycles. The highest BCUT2D eigenvalue weighted by Crippen LogP contribution is 2.29. The maximum atomic E-state index is 11.5. The average molecular weight is 280 g/mol. The van der Waals surface area contributed by atoms with Crippen LogP contribution in [0.4, 0.5) is 0 Å². The maximum absolute atomic E-state index is 11.5. The summed E-state index contributed by atoms with van der Waals surface area (Å²) in [6.07, 6.45) is 6.98. The van der Waals surface area contributed by atoms with Crippen LogP contribution in [0.5, 0.6) is 0 Å². The summed E-state index contributed by atoms with van der Waals surface area (Å²) in [5, 5.41) is 2.67. The molecule has 1 amide bonds. The Morgan fingerprint density at radius 1 is 1.65 bits per heavy atom. The summed E-state index contributed by atoms with van der Waals surface area (Å²) in [5.41, 5.74) is -0.211. The molecule has 0 saturated carbocycles. The van der Waals surface area contributed by atoms with Gasteiger partial charge in [0.2, 0.25) is 5.91 Å². The first-order valence-electron chi connectivity index (χ1n) is 7.14. The van der Waals surface area contributed by atoms with Crippen molar-refractivity contribution in [1.29, 1.82) is 0 Å². The van der Waals surface area contributed by atoms with Crippen molar-refractivity contribution in [2.75, 3.05) is 27.2 Å². The number of piperidine rings is 1. The van der Waals surface area contributed by atoms with E-state index in [1.807, 2.05) is 6.20 Å². The molecule has 1 aliphatic heterocycles. The number of ether oxygens (including phenoxy) is 1. The molecule has 2 heterocycles. The minimum atomic E-state index is -0.211. The number of imidazole rings is 1. The lowest BCUT2D eigenvalue weighted by atomic mass is 9.87. The van der Waals surface area contributed by atoms with Crippen molar-refractivity contribution in [3.63, 3.8) is 0 Å². The molecule has 0 spiro atoms. The third kappa shape index (κ3) is 3.80. The van der Waals surface area contributed by atoms with Gasteiger partial charge in [-0.3, -0.25) is 9.69 Å². The summed E-state index contributed by atoms with van der Waals surface area (Å²) in [6, 6.07) is 0. The lowest BCUT2D eigenvalue weighted by Gasteiger charge is -2.41. The fraction of sp³-hybridized carbons (Fsp3) is 0.714. The zero-order chi connectivity index (χ0) is 14.4. The first kappa shape index (κ1) is 15.0. The number of amides is 1. The number of hydrogen-bond donors (Lipinski definition) is 2. The van der Waals surface area contributed by atoms with Crippen LogP contribution in [0, 0.1) is 0 Å². The van der Waals surface area contributed by atoms with Gasteiger partial charge in [-0.2, -0.15) is 0 Å². The minimum absolute atomic E-state index is 0.0737. The molecule has 2 N–H and O–H groups in total. The normalized spacial score (nSPS) is 23.7. The molecule has 0 aliphatic carbocycles. The molecular formula is C14H24N4O2. The molecule has 0 aromatic carbocycles. The Morgan fingerprint density at radius 2 is 2.50 bits per heavy atom. The lowest BCUT2D eigenvalue weighted by molar-refractivity contribution is -0.124. The summed E-state index contributed by atoms with van der Waals surface area (Å²) in [6.45, 7) is 2.70. The summed E-state index contributed by atoms with van der Waals surface area (Å²) in [4.78, 5) is 21.2. The number of carbonyl (C=O) groups is 1. The van der Waals surface area contributed by atoms with Crippen LogP contribution < -0.4 is 5.32 Å². The fourth-order valence-electron chi connectivity index (χ4n) is 2.86. The smallest absolute Gasteiger partial charge is 0.219 e. The fourth-order valence-corrected chi connectivity index (χ4v) is 2.86. The standard InChI is InChI=1S/C14H24N4O2/c1-15-13(19)4-6-14(20-2)5-3-9-18(11-14)10-12-16-7-8-17-12/h7-8H,3-6,9-11H2,1-2H3,(H,15,19)(H,16,17)/t14-/m0/s1. The third-order valence-corrected chi connectivity index (χ3v) is 4.07. The quantitative estimate of drug-likeness (QED) is 0.813. The van der Waals surface area contributed by atoms with Gasteiger partial charge in [-0.1, -0.05) is 0 Å². The number of carbonyl (C=O) groups excluding carboxylic acids is 1. The first-order valence-corrected chi connectivity index (χ1v) is 7.14. The number of methoxy groups -OCH3 is 1. The van der Waals surface area contributed by atoms with E-state index in [0.717, 1.165) is 44.7 Å². The van der Waals surface area contributed by atoms with E-state index in [0.29, 0.717) is 6.42 Å². The van der Waals surface area contributed by atoms with Crippen molar-refractivity contribution in [3.8, 4) is 0 Å². The Kier molecular flexibility index (Phi) is 5.14. The number of nitrogens with zero attached hydrogens (tertiary/aromatic N) is 2. The highest BCUT2D eigenvalue weighted by Gasteiger charge is 2.35. The molecule has 1 aromatic heterocycles. The van der Waals surface area contributed by atoms with Crippen LogP contribution in [-0.4, -0.2) is 53.6 Å². The zero-order valence-electron chi connectivity index (χ0n) is 12.3. The van der Waals surface area contributed by atoms with Gasteiger partial charge in [0.25, 0.3) is 0 Å². The van der Waals surface area contributed by atoms with Crippen molar-refractivity contribution in [2.45, 2.75) is 37.8 Å². The van der Waals surface area contributed by atoms with Gasteiger partial charge >= 0.3 is 0 Å². The number of aromatic amines is 1. The largest absolute Gasteiger partial charge is 0.377 e. The van der Waals surface area contributed by atoms with E-state index in [-0.39, 0.29) is 11.5 Å². The Morgan fingerprint density at radius 3 is 3.15 bits per heavy atom. The Labute approximate surface area is 119 Å². The second kappa shape index (κ2) is 6.85. The van der Waals surface area contributed by atoms with E-state index in [1.54, 1.807) is 20.4 Å². The molecule has 1 fully saturated rings. The van der Waals surface area contributed by atoms with Crippen LogP contribution in [0.1, 0.15) is 31.5 Å². The first-order chi connectivity index (χ1) is 9.67. The summed E-state index contributed by atoms with van der Waals surface area (Å²) >= 11 is 0. The summed E-state index contributed by atoms with van der Waals surface area (Å²) < 4.78 is 5.77. The zero-order valence-corrected chi connectivity index (χ0v) is 12.3. The van der Waals surface area contributed by atoms with E-state index >= 15 is 0 Å². The van der Waals surface area contributed by atoms with Gasteiger partial charge in [0.05, 0.1) is 12.1 Å². The van der Waals surface area contributed by atoms with E-state index in [9.17, 15) is 4.79 Å². The Hall–Kier alpha value is -1.40. The molecule has 0 unspecified atom stereocenters. The predicted octanol–water partition coefficient (Wildman–Crippen LogP) is 0.917. The van der Waals surface area contributed by atoms with Gasteiger partial charge in [-0.15, -0.1) is 0 Å². The van der Waals surface area contributed by atoms with E-state index in [1.165, 1.54) is 0 Å². The number of H-pyrrole nitrogens is 1. The second-order valence-corrected chi connectivity index (χ2v) is 5.41. The molecule has 112 valence electrons. The van der Waals surface area contributed by atoms with Crippen LogP contribution in [0.15, 0.2) is 12.4 Å². The molecule has 2 rings (SSSR count). The number of rotatable bonds is 6. The molecule has 6 nitrogen and oxygen atoms in total. The highest BCUT2D eigenvalue weighted by atomic mass is 16.5. The summed E-state index contributed by atoms with van der Waals surface area (Å²) in [5.74, 6) is 1.05. The van der Waals surface area contributed by atoms with E-state index in [4.69, 9.17) is 4.74 Å². The van der Waals surface area contributed by atoms with Gasteiger partial charge in [0, 0.05) is 39.5 Å². The van der Waals surface area contributed by atoms with Crippen molar-refractivity contribution in [2.24, 2.45) is 0 Å². The number of likely N-dealkylation sites (tertiary alicyclic amines) is 1. The number of hydrogen-bond acceptors (Lipinski definition) is 4. The van der Waals surface area contributed by atoms with E-state index < -0.39 is 0 Å². The van der Waals surface area contributed by atoms with Crippen LogP contribution in [0.3, 0.4) is 0 Å². The molecular weight excluding hydrogens is 256 g/mol. The number of aromatic nitrogens is 2. The molecule has 0 radical (unpaired) electrons. The molecule has 0 bridgehead atoms. The van der Waals surface area contributed by atoms with Crippen molar-refractivity contribution in [3.05, 3.63) is 18.2 Å². The van der Waals surface area contributed by atoms with Crippen molar-refractivity contribution < 1.29 is 9.53 Å². The minimum Gasteiger partial charge on any atom is -0.377 e. The van der Waals surface area contributed by atoms with Gasteiger partial charge in [-0.25, -0.2) is 4.98 Å². The highest BCUT2D eigenvalue weighted by molar-refractivity contribution is 5.75. The van der Waals surface area contributed by atoms with Crippen LogP contribution in [0.25, 0.3) is 0 Å². The van der Waals surface area contributed by atoms with Crippen LogP contribution in [-0.2, 0) is 16.1 Å². The van der Waals surface area contributed by atoms with Gasteiger partial charge < -0.3 is 15.0 Å². The van der Waals surface area contributed by atoms with E-state index in [2.05, 4.69) is 20.2 Å². The van der Waals surface area contributed by atoms with Crippen LogP contribution in [0.2, 0.25) is 0 Å². The van der Waals surface area contributed by atoms with Gasteiger partial charge in [0.1, 0.15) is 5.82 Å².